The number of amides is 1. The molecule has 0 radical (unpaired) electrons. The number of imidazole rings is 1. The summed E-state index contributed by atoms with van der Waals surface area (Å²) in [5, 5.41) is 8.27. The zero-order valence-corrected chi connectivity index (χ0v) is 15.8. The number of nitrogens with zero attached hydrogens (tertiary/aromatic N) is 4. The van der Waals surface area contributed by atoms with E-state index in [0.29, 0.717) is 24.7 Å². The molecule has 7 nitrogen and oxygen atoms in total. The summed E-state index contributed by atoms with van der Waals surface area (Å²) >= 11 is 0. The number of carbonyl (C=O) groups is 1. The van der Waals surface area contributed by atoms with Crippen molar-refractivity contribution in [3.05, 3.63) is 47.7 Å². The fraction of sp³-hybridized carbons (Fsp3) is 0.450. The number of rotatable bonds is 5. The zero-order valence-electron chi connectivity index (χ0n) is 15.8. The number of para-hydroxylation sites is 1. The topological polar surface area (TPSA) is 74.0 Å². The van der Waals surface area contributed by atoms with Crippen molar-refractivity contribution < 1.29 is 9.53 Å². The molecule has 1 fully saturated rings. The summed E-state index contributed by atoms with van der Waals surface area (Å²) in [4.78, 5) is 17.3. The highest BCUT2D eigenvalue weighted by Gasteiger charge is 2.22. The van der Waals surface area contributed by atoms with E-state index in [-0.39, 0.29) is 5.91 Å². The highest BCUT2D eigenvalue weighted by atomic mass is 16.5. The molecule has 1 aliphatic rings. The van der Waals surface area contributed by atoms with E-state index in [0.717, 1.165) is 48.5 Å². The molecule has 0 spiro atoms. The minimum atomic E-state index is -0.141. The number of fused-ring (bicyclic) bond motifs is 1. The van der Waals surface area contributed by atoms with Crippen molar-refractivity contribution >= 4 is 16.8 Å². The molecule has 1 aliphatic heterocycles. The molecule has 0 atom stereocenters. The average Bonchev–Trinajstić information content (AvgIpc) is 3.23. The van der Waals surface area contributed by atoms with Gasteiger partial charge in [-0.1, -0.05) is 18.2 Å². The molecule has 1 saturated heterocycles. The molecule has 1 aromatic carbocycles. The summed E-state index contributed by atoms with van der Waals surface area (Å²) < 4.78 is 9.42. The summed E-state index contributed by atoms with van der Waals surface area (Å²) in [5.74, 6) is 1.40. The molecule has 3 heterocycles. The third kappa shape index (κ3) is 3.47. The van der Waals surface area contributed by atoms with Crippen LogP contribution >= 0.6 is 0 Å². The normalized spacial score (nSPS) is 15.3. The Labute approximate surface area is 158 Å². The maximum atomic E-state index is 12.6. The predicted octanol–water partition coefficient (Wildman–Crippen LogP) is 2.40. The van der Waals surface area contributed by atoms with Crippen molar-refractivity contribution in [2.24, 2.45) is 7.05 Å². The largest absolute Gasteiger partial charge is 0.381 e. The quantitative estimate of drug-likeness (QED) is 0.751. The van der Waals surface area contributed by atoms with Crippen molar-refractivity contribution in [2.45, 2.75) is 32.2 Å². The zero-order chi connectivity index (χ0) is 18.8. The van der Waals surface area contributed by atoms with Gasteiger partial charge in [-0.25, -0.2) is 4.98 Å². The maximum Gasteiger partial charge on any atom is 0.272 e. The van der Waals surface area contributed by atoms with E-state index in [1.165, 1.54) is 0 Å². The fourth-order valence-corrected chi connectivity index (χ4v) is 3.80. The molecule has 1 amide bonds. The summed E-state index contributed by atoms with van der Waals surface area (Å²) in [6.07, 6.45) is 3.92. The van der Waals surface area contributed by atoms with Gasteiger partial charge in [0, 0.05) is 56.5 Å². The van der Waals surface area contributed by atoms with Crippen molar-refractivity contribution in [3.8, 4) is 0 Å². The highest BCUT2D eigenvalue weighted by Crippen LogP contribution is 2.26. The minimum absolute atomic E-state index is 0.141. The van der Waals surface area contributed by atoms with Crippen LogP contribution in [0.4, 0.5) is 0 Å². The van der Waals surface area contributed by atoms with E-state index in [1.807, 2.05) is 37.5 Å². The second kappa shape index (κ2) is 7.52. The molecule has 4 rings (SSSR count). The summed E-state index contributed by atoms with van der Waals surface area (Å²) in [6.45, 7) is 4.89. The van der Waals surface area contributed by atoms with E-state index in [9.17, 15) is 4.79 Å². The van der Waals surface area contributed by atoms with Crippen molar-refractivity contribution in [1.82, 2.24) is 24.6 Å². The lowest BCUT2D eigenvalue weighted by atomic mass is 9.99. The van der Waals surface area contributed by atoms with Crippen LogP contribution in [0, 0.1) is 6.92 Å². The molecule has 142 valence electrons. The molecule has 7 heteroatoms. The van der Waals surface area contributed by atoms with E-state index in [4.69, 9.17) is 4.74 Å². The van der Waals surface area contributed by atoms with Gasteiger partial charge < -0.3 is 14.6 Å². The van der Waals surface area contributed by atoms with Gasteiger partial charge in [0.05, 0.1) is 5.52 Å². The van der Waals surface area contributed by atoms with Gasteiger partial charge >= 0.3 is 0 Å². The predicted molar refractivity (Wildman–Crippen MR) is 103 cm³/mol. The van der Waals surface area contributed by atoms with Crippen molar-refractivity contribution in [3.63, 3.8) is 0 Å². The molecule has 0 bridgehead atoms. The molecule has 3 aromatic rings. The number of nitrogens with one attached hydrogen (secondary N) is 1. The third-order valence-corrected chi connectivity index (χ3v) is 5.27. The van der Waals surface area contributed by atoms with Crippen LogP contribution in [0.5, 0.6) is 0 Å². The Morgan fingerprint density at radius 3 is 2.89 bits per heavy atom. The van der Waals surface area contributed by atoms with Crippen LogP contribution in [0.3, 0.4) is 0 Å². The molecule has 0 aliphatic carbocycles. The van der Waals surface area contributed by atoms with Crippen LogP contribution in [0.1, 0.15) is 40.8 Å². The number of aryl methyl sites for hydroxylation is 2. The lowest BCUT2D eigenvalue weighted by Gasteiger charge is -2.23. The van der Waals surface area contributed by atoms with Gasteiger partial charge in [0.15, 0.2) is 5.69 Å². The van der Waals surface area contributed by atoms with Crippen LogP contribution in [0.2, 0.25) is 0 Å². The highest BCUT2D eigenvalue weighted by molar-refractivity contribution is 6.04. The Hall–Kier alpha value is -2.67. The number of benzene rings is 1. The molecule has 1 N–H and O–H groups in total. The molecule has 0 saturated carbocycles. The van der Waals surface area contributed by atoms with Crippen LogP contribution in [0.15, 0.2) is 30.5 Å². The smallest absolute Gasteiger partial charge is 0.272 e. The Bertz CT molecular complexity index is 953. The SMILES string of the molecule is Cc1cnc(C2CCOCC2)n1CCNC(=O)c1nn(C)c2ccccc12. The first kappa shape index (κ1) is 17.7. The Morgan fingerprint density at radius 1 is 1.30 bits per heavy atom. The third-order valence-electron chi connectivity index (χ3n) is 5.27. The standard InChI is InChI=1S/C20H25N5O2/c1-14-13-22-19(15-7-11-27-12-8-15)25(14)10-9-21-20(26)18-16-5-3-4-6-17(16)24(2)23-18/h3-6,13,15H,7-12H2,1-2H3,(H,21,26). The lowest BCUT2D eigenvalue weighted by molar-refractivity contribution is 0.0827. The number of hydrogen-bond acceptors (Lipinski definition) is 4. The van der Waals surface area contributed by atoms with Gasteiger partial charge in [-0.3, -0.25) is 9.48 Å². The van der Waals surface area contributed by atoms with E-state index < -0.39 is 0 Å². The number of aromatic nitrogens is 4. The van der Waals surface area contributed by atoms with E-state index >= 15 is 0 Å². The van der Waals surface area contributed by atoms with Crippen LogP contribution in [0.25, 0.3) is 10.9 Å². The van der Waals surface area contributed by atoms with E-state index in [1.54, 1.807) is 4.68 Å². The second-order valence-electron chi connectivity index (χ2n) is 7.04. The van der Waals surface area contributed by atoms with Crippen molar-refractivity contribution in [2.75, 3.05) is 19.8 Å². The van der Waals surface area contributed by atoms with Crippen LogP contribution < -0.4 is 5.32 Å². The van der Waals surface area contributed by atoms with Crippen LogP contribution in [-0.2, 0) is 18.3 Å². The lowest BCUT2D eigenvalue weighted by Crippen LogP contribution is -2.29. The number of hydrogen-bond donors (Lipinski definition) is 1. The number of ether oxygens (including phenoxy) is 1. The average molecular weight is 367 g/mol. The molecule has 27 heavy (non-hydrogen) atoms. The first-order valence-electron chi connectivity index (χ1n) is 9.45. The minimum Gasteiger partial charge on any atom is -0.381 e. The molecular formula is C20H25N5O2. The second-order valence-corrected chi connectivity index (χ2v) is 7.04. The maximum absolute atomic E-state index is 12.6. The Kier molecular flexibility index (Phi) is 4.94. The molecule has 2 aromatic heterocycles. The molecule has 0 unspecified atom stereocenters. The Morgan fingerprint density at radius 2 is 2.07 bits per heavy atom. The van der Waals surface area contributed by atoms with Gasteiger partial charge in [0.25, 0.3) is 5.91 Å². The van der Waals surface area contributed by atoms with Gasteiger partial charge in [-0.15, -0.1) is 0 Å². The van der Waals surface area contributed by atoms with Crippen molar-refractivity contribution in [1.29, 1.82) is 0 Å². The summed E-state index contributed by atoms with van der Waals surface area (Å²) in [6, 6.07) is 7.77. The van der Waals surface area contributed by atoms with E-state index in [2.05, 4.69) is 26.9 Å². The van der Waals surface area contributed by atoms with Gasteiger partial charge in [0.1, 0.15) is 5.82 Å². The van der Waals surface area contributed by atoms with Gasteiger partial charge in [-0.05, 0) is 25.8 Å². The molecular weight excluding hydrogens is 342 g/mol. The first-order chi connectivity index (χ1) is 13.1. The summed E-state index contributed by atoms with van der Waals surface area (Å²) in [7, 11) is 1.86. The van der Waals surface area contributed by atoms with Gasteiger partial charge in [-0.2, -0.15) is 5.10 Å². The number of carbonyl (C=O) groups excluding carboxylic acids is 1. The summed E-state index contributed by atoms with van der Waals surface area (Å²) in [5.41, 5.74) is 2.55. The Balaban J connectivity index is 1.44. The fourth-order valence-electron chi connectivity index (χ4n) is 3.80. The van der Waals surface area contributed by atoms with Crippen LogP contribution in [-0.4, -0.2) is 45.0 Å². The monoisotopic (exact) mass is 367 g/mol. The first-order valence-corrected chi connectivity index (χ1v) is 9.45. The van der Waals surface area contributed by atoms with Gasteiger partial charge in [0.2, 0.25) is 0 Å².